The predicted octanol–water partition coefficient (Wildman–Crippen LogP) is 6.45. The molecule has 0 fully saturated rings. The van der Waals surface area contributed by atoms with E-state index in [9.17, 15) is 4.79 Å². The molecule has 0 saturated heterocycles. The van der Waals surface area contributed by atoms with Gasteiger partial charge in [-0.15, -0.1) is 12.6 Å². The number of benzene rings is 1. The van der Waals surface area contributed by atoms with Crippen molar-refractivity contribution in [2.75, 3.05) is 18.0 Å². The molecule has 156 valence electrons. The summed E-state index contributed by atoms with van der Waals surface area (Å²) in [6.45, 7) is 9.51. The van der Waals surface area contributed by atoms with E-state index >= 15 is 0 Å². The Balaban J connectivity index is 2.11. The number of carbonyl (C=O) groups excluding carboxylic acids is 1. The van der Waals surface area contributed by atoms with Gasteiger partial charge < -0.3 is 4.90 Å². The number of Topliss-reactive ketones (excluding diaryl/α,β-unsaturated/α-hetero) is 1. The molecular weight excluding hydrogens is 386 g/mol. The maximum atomic E-state index is 12.3. The molecule has 2 aliphatic rings. The van der Waals surface area contributed by atoms with Crippen LogP contribution >= 0.6 is 12.6 Å². The van der Waals surface area contributed by atoms with E-state index in [1.807, 2.05) is 43.4 Å². The first-order valence-electron chi connectivity index (χ1n) is 10.7. The van der Waals surface area contributed by atoms with E-state index in [1.165, 1.54) is 29.7 Å². The lowest BCUT2D eigenvalue weighted by atomic mass is 9.84. The molecule has 2 nitrogen and oxygen atoms in total. The Bertz CT molecular complexity index is 975. The number of carbonyl (C=O) groups is 1. The third-order valence-electron chi connectivity index (χ3n) is 5.64. The van der Waals surface area contributed by atoms with Crippen LogP contribution in [0.3, 0.4) is 0 Å². The van der Waals surface area contributed by atoms with Gasteiger partial charge >= 0.3 is 0 Å². The average molecular weight is 418 g/mol. The molecule has 1 heterocycles. The molecule has 1 aliphatic heterocycles. The summed E-state index contributed by atoms with van der Waals surface area (Å²) in [6.07, 6.45) is 22.9. The topological polar surface area (TPSA) is 20.3 Å². The summed E-state index contributed by atoms with van der Waals surface area (Å²) in [4.78, 5) is 15.6. The number of aryl methyl sites for hydroxylation is 1. The van der Waals surface area contributed by atoms with E-state index in [-0.39, 0.29) is 5.78 Å². The summed E-state index contributed by atoms with van der Waals surface area (Å²) < 4.78 is 0. The second kappa shape index (κ2) is 10.5. The molecule has 0 saturated carbocycles. The standard InChI is InChI=1S/C27H31NOS/c1-4-5-6-7-8-12-17-28-18-13-11-15-23(21(3)29)20(2)26-25(30)19-22-14-9-10-16-24(22)27(26)28/h4-8,11-13,15,19,30H,2,9-10,14,16-18H2,1,3H3/b5-4-,7-6-,12-8+,13-11-,23-15+. The molecule has 0 bridgehead atoms. The first-order chi connectivity index (χ1) is 14.5. The molecule has 0 spiro atoms. The predicted molar refractivity (Wildman–Crippen MR) is 133 cm³/mol. The second-order valence-electron chi connectivity index (χ2n) is 7.75. The lowest BCUT2D eigenvalue weighted by molar-refractivity contribution is -0.113. The summed E-state index contributed by atoms with van der Waals surface area (Å²) in [6, 6.07) is 2.19. The number of hydrogen-bond acceptors (Lipinski definition) is 3. The molecule has 1 aliphatic carbocycles. The van der Waals surface area contributed by atoms with Crippen LogP contribution in [-0.4, -0.2) is 18.9 Å². The number of fused-ring (bicyclic) bond motifs is 3. The molecule has 0 radical (unpaired) electrons. The van der Waals surface area contributed by atoms with E-state index < -0.39 is 0 Å². The van der Waals surface area contributed by atoms with E-state index in [0.717, 1.165) is 42.0 Å². The fourth-order valence-corrected chi connectivity index (χ4v) is 4.59. The largest absolute Gasteiger partial charge is 0.363 e. The van der Waals surface area contributed by atoms with Gasteiger partial charge in [0.2, 0.25) is 0 Å². The molecule has 30 heavy (non-hydrogen) atoms. The summed E-state index contributed by atoms with van der Waals surface area (Å²) in [5.41, 5.74) is 6.40. The zero-order valence-electron chi connectivity index (χ0n) is 18.0. The Kier molecular flexibility index (Phi) is 7.75. The molecule has 0 N–H and O–H groups in total. The van der Waals surface area contributed by atoms with Gasteiger partial charge in [-0.05, 0) is 62.3 Å². The molecule has 3 rings (SSSR count). The van der Waals surface area contributed by atoms with Crippen molar-refractivity contribution < 1.29 is 4.79 Å². The Morgan fingerprint density at radius 2 is 1.97 bits per heavy atom. The third-order valence-corrected chi connectivity index (χ3v) is 5.99. The monoisotopic (exact) mass is 417 g/mol. The zero-order valence-corrected chi connectivity index (χ0v) is 18.9. The first kappa shape index (κ1) is 22.2. The Morgan fingerprint density at radius 3 is 2.73 bits per heavy atom. The molecule has 0 atom stereocenters. The maximum Gasteiger partial charge on any atom is 0.160 e. The van der Waals surface area contributed by atoms with Gasteiger partial charge in [-0.3, -0.25) is 4.79 Å². The molecular formula is C27H31NOS. The van der Waals surface area contributed by atoms with Gasteiger partial charge in [-0.1, -0.05) is 61.3 Å². The van der Waals surface area contributed by atoms with Crippen LogP contribution < -0.4 is 4.90 Å². The number of ketones is 1. The molecule has 0 aromatic heterocycles. The number of anilines is 1. The van der Waals surface area contributed by atoms with Crippen LogP contribution in [0.15, 0.2) is 77.8 Å². The maximum absolute atomic E-state index is 12.3. The molecule has 3 heteroatoms. The van der Waals surface area contributed by atoms with E-state index in [1.54, 1.807) is 6.92 Å². The van der Waals surface area contributed by atoms with E-state index in [2.05, 4.69) is 35.8 Å². The van der Waals surface area contributed by atoms with Crippen molar-refractivity contribution in [2.24, 2.45) is 0 Å². The fourth-order valence-electron chi connectivity index (χ4n) is 4.19. The zero-order chi connectivity index (χ0) is 21.5. The van der Waals surface area contributed by atoms with Gasteiger partial charge in [0.25, 0.3) is 0 Å². The smallest absolute Gasteiger partial charge is 0.160 e. The Labute approximate surface area is 186 Å². The van der Waals surface area contributed by atoms with Crippen LogP contribution in [0.4, 0.5) is 5.69 Å². The number of allylic oxidation sites excluding steroid dienone is 9. The molecule has 0 amide bonds. The molecule has 0 unspecified atom stereocenters. The van der Waals surface area contributed by atoms with Crippen molar-refractivity contribution in [3.63, 3.8) is 0 Å². The van der Waals surface area contributed by atoms with Crippen molar-refractivity contribution in [2.45, 2.75) is 44.4 Å². The van der Waals surface area contributed by atoms with Crippen molar-refractivity contribution in [1.82, 2.24) is 0 Å². The van der Waals surface area contributed by atoms with E-state index in [4.69, 9.17) is 12.6 Å². The third kappa shape index (κ3) is 4.96. The van der Waals surface area contributed by atoms with Crippen LogP contribution in [0.25, 0.3) is 5.57 Å². The van der Waals surface area contributed by atoms with Gasteiger partial charge in [0.1, 0.15) is 0 Å². The van der Waals surface area contributed by atoms with Crippen LogP contribution in [0.1, 0.15) is 43.4 Å². The lowest BCUT2D eigenvalue weighted by Crippen LogP contribution is -2.27. The minimum Gasteiger partial charge on any atom is -0.363 e. The van der Waals surface area contributed by atoms with Crippen molar-refractivity contribution in [3.05, 3.63) is 89.6 Å². The minimum absolute atomic E-state index is 0.0310. The number of hydrogen-bond donors (Lipinski definition) is 1. The summed E-state index contributed by atoms with van der Waals surface area (Å²) in [5.74, 6) is 0.0310. The van der Waals surface area contributed by atoms with E-state index in [0.29, 0.717) is 5.57 Å². The number of nitrogens with zero attached hydrogens (tertiary/aromatic N) is 1. The van der Waals surface area contributed by atoms with Crippen LogP contribution in [0, 0.1) is 0 Å². The normalized spacial score (nSPS) is 19.9. The highest BCUT2D eigenvalue weighted by Crippen LogP contribution is 2.43. The summed E-state index contributed by atoms with van der Waals surface area (Å²) in [7, 11) is 0. The van der Waals surface area contributed by atoms with Crippen LogP contribution in [-0.2, 0) is 17.6 Å². The Morgan fingerprint density at radius 1 is 1.20 bits per heavy atom. The highest BCUT2D eigenvalue weighted by atomic mass is 32.1. The van der Waals surface area contributed by atoms with Crippen LogP contribution in [0.5, 0.6) is 0 Å². The quantitative estimate of drug-likeness (QED) is 0.439. The van der Waals surface area contributed by atoms with Gasteiger partial charge in [-0.25, -0.2) is 0 Å². The van der Waals surface area contributed by atoms with Crippen molar-refractivity contribution >= 4 is 29.7 Å². The second-order valence-corrected chi connectivity index (χ2v) is 8.23. The van der Waals surface area contributed by atoms with Gasteiger partial charge in [0.05, 0.1) is 0 Å². The number of rotatable bonds is 5. The SMILES string of the molecule is C=C1/C(C(C)=O)=C\C=C/CN(C/C=C/C=C\C=C/C)c2c3c(cc(S)c21)CCCC3. The molecule has 1 aromatic carbocycles. The minimum atomic E-state index is 0.0310. The van der Waals surface area contributed by atoms with Crippen LogP contribution in [0.2, 0.25) is 0 Å². The summed E-state index contributed by atoms with van der Waals surface area (Å²) in [5, 5.41) is 0. The highest BCUT2D eigenvalue weighted by Gasteiger charge is 2.26. The molecule has 1 aromatic rings. The lowest BCUT2D eigenvalue weighted by Gasteiger charge is -2.32. The fraction of sp³-hybridized carbons (Fsp3) is 0.296. The van der Waals surface area contributed by atoms with Gasteiger partial charge in [-0.2, -0.15) is 0 Å². The van der Waals surface area contributed by atoms with Gasteiger partial charge in [0, 0.05) is 34.8 Å². The van der Waals surface area contributed by atoms with Crippen molar-refractivity contribution in [1.29, 1.82) is 0 Å². The number of thiol groups is 1. The Hall–Kier alpha value is -2.52. The first-order valence-corrected chi connectivity index (χ1v) is 11.1. The average Bonchev–Trinajstić information content (AvgIpc) is 2.79. The van der Waals surface area contributed by atoms with Gasteiger partial charge in [0.15, 0.2) is 5.78 Å². The highest BCUT2D eigenvalue weighted by molar-refractivity contribution is 7.80. The summed E-state index contributed by atoms with van der Waals surface area (Å²) >= 11 is 4.86. The van der Waals surface area contributed by atoms with Crippen molar-refractivity contribution in [3.8, 4) is 0 Å².